The number of hydrogen-bond acceptors (Lipinski definition) is 5. The number of aryl methyl sites for hydroxylation is 1. The summed E-state index contributed by atoms with van der Waals surface area (Å²) in [5.41, 5.74) is 3.30. The smallest absolute Gasteiger partial charge is 0.256 e. The number of anilines is 1. The number of halogens is 2. The van der Waals surface area contributed by atoms with Crippen molar-refractivity contribution in [3.63, 3.8) is 0 Å². The Morgan fingerprint density at radius 1 is 1.06 bits per heavy atom. The SMILES string of the molecule is COc1cc(C(O)C(=O)N2CCN(c3ccc(C)cc3Cl)C(c3ccc(Cl)cc3)C2)ccc1O. The molecule has 0 radical (unpaired) electrons. The number of aliphatic hydroxyl groups excluding tert-OH is 1. The van der Waals surface area contributed by atoms with Crippen molar-refractivity contribution in [1.82, 2.24) is 4.90 Å². The number of hydrogen-bond donors (Lipinski definition) is 2. The Balaban J connectivity index is 1.63. The van der Waals surface area contributed by atoms with Crippen LogP contribution in [-0.2, 0) is 4.79 Å². The number of phenolic OH excluding ortho intramolecular Hbond substituents is 1. The van der Waals surface area contributed by atoms with Gasteiger partial charge in [0.15, 0.2) is 17.6 Å². The maximum Gasteiger partial charge on any atom is 0.256 e. The first-order valence-corrected chi connectivity index (χ1v) is 11.7. The molecule has 0 aliphatic carbocycles. The van der Waals surface area contributed by atoms with E-state index in [1.54, 1.807) is 4.90 Å². The van der Waals surface area contributed by atoms with Gasteiger partial charge in [0.25, 0.3) is 5.91 Å². The predicted octanol–water partition coefficient (Wildman–Crippen LogP) is 5.14. The molecule has 1 fully saturated rings. The number of carbonyl (C=O) groups is 1. The van der Waals surface area contributed by atoms with Gasteiger partial charge in [0.2, 0.25) is 0 Å². The molecule has 6 nitrogen and oxygen atoms in total. The van der Waals surface area contributed by atoms with Crippen LogP contribution in [0.1, 0.15) is 28.8 Å². The Kier molecular flexibility index (Phi) is 7.22. The first-order chi connectivity index (χ1) is 16.3. The van der Waals surface area contributed by atoms with Crippen molar-refractivity contribution in [2.75, 3.05) is 31.6 Å². The monoisotopic (exact) mass is 500 g/mol. The molecular formula is C26H26Cl2N2O4. The maximum absolute atomic E-state index is 13.3. The summed E-state index contributed by atoms with van der Waals surface area (Å²) in [4.78, 5) is 17.1. The van der Waals surface area contributed by atoms with E-state index < -0.39 is 12.0 Å². The lowest BCUT2D eigenvalue weighted by atomic mass is 9.99. The van der Waals surface area contributed by atoms with Crippen molar-refractivity contribution in [2.24, 2.45) is 0 Å². The fourth-order valence-electron chi connectivity index (χ4n) is 4.27. The van der Waals surface area contributed by atoms with Crippen LogP contribution < -0.4 is 9.64 Å². The van der Waals surface area contributed by atoms with E-state index in [0.717, 1.165) is 16.8 Å². The van der Waals surface area contributed by atoms with Gasteiger partial charge in [-0.15, -0.1) is 0 Å². The summed E-state index contributed by atoms with van der Waals surface area (Å²) in [6.07, 6.45) is -1.38. The van der Waals surface area contributed by atoms with Crippen molar-refractivity contribution < 1.29 is 19.7 Å². The second-order valence-corrected chi connectivity index (χ2v) is 9.18. The van der Waals surface area contributed by atoms with E-state index in [0.29, 0.717) is 35.2 Å². The molecule has 34 heavy (non-hydrogen) atoms. The first-order valence-electron chi connectivity index (χ1n) is 10.9. The van der Waals surface area contributed by atoms with Gasteiger partial charge in [0.1, 0.15) is 0 Å². The summed E-state index contributed by atoms with van der Waals surface area (Å²) in [7, 11) is 1.42. The summed E-state index contributed by atoms with van der Waals surface area (Å²) < 4.78 is 5.11. The zero-order valence-electron chi connectivity index (χ0n) is 18.9. The fourth-order valence-corrected chi connectivity index (χ4v) is 4.74. The highest BCUT2D eigenvalue weighted by molar-refractivity contribution is 6.33. The summed E-state index contributed by atoms with van der Waals surface area (Å²) in [6.45, 7) is 3.30. The normalized spacial score (nSPS) is 16.9. The molecule has 8 heteroatoms. The van der Waals surface area contributed by atoms with Gasteiger partial charge in [-0.2, -0.15) is 0 Å². The van der Waals surface area contributed by atoms with Gasteiger partial charge in [-0.25, -0.2) is 0 Å². The minimum absolute atomic E-state index is 0.0581. The summed E-state index contributed by atoms with van der Waals surface area (Å²) in [5, 5.41) is 21.9. The molecular weight excluding hydrogens is 475 g/mol. The second kappa shape index (κ2) is 10.1. The number of amides is 1. The number of piperazine rings is 1. The van der Waals surface area contributed by atoms with Crippen LogP contribution in [0.2, 0.25) is 10.0 Å². The molecule has 1 aliphatic heterocycles. The third-order valence-corrected chi connectivity index (χ3v) is 6.67. The molecule has 0 saturated carbocycles. The van der Waals surface area contributed by atoms with Gasteiger partial charge in [0, 0.05) is 24.7 Å². The average molecular weight is 501 g/mol. The number of methoxy groups -OCH3 is 1. The molecule has 3 aromatic carbocycles. The maximum atomic E-state index is 13.3. The van der Waals surface area contributed by atoms with Crippen LogP contribution in [0, 0.1) is 6.92 Å². The van der Waals surface area contributed by atoms with E-state index >= 15 is 0 Å². The molecule has 1 amide bonds. The lowest BCUT2D eigenvalue weighted by molar-refractivity contribution is -0.141. The fraction of sp³-hybridized carbons (Fsp3) is 0.269. The van der Waals surface area contributed by atoms with E-state index in [9.17, 15) is 15.0 Å². The minimum Gasteiger partial charge on any atom is -0.504 e. The third-order valence-electron chi connectivity index (χ3n) is 6.11. The Bertz CT molecular complexity index is 1190. The van der Waals surface area contributed by atoms with Crippen molar-refractivity contribution in [3.8, 4) is 11.5 Å². The molecule has 0 aromatic heterocycles. The van der Waals surface area contributed by atoms with E-state index in [2.05, 4.69) is 4.90 Å². The molecule has 0 spiro atoms. The number of ether oxygens (including phenoxy) is 1. The zero-order valence-corrected chi connectivity index (χ0v) is 20.4. The van der Waals surface area contributed by atoms with Crippen LogP contribution >= 0.6 is 23.2 Å². The Hall–Kier alpha value is -2.93. The van der Waals surface area contributed by atoms with Crippen LogP contribution in [0.25, 0.3) is 0 Å². The van der Waals surface area contributed by atoms with Crippen LogP contribution in [0.4, 0.5) is 5.69 Å². The molecule has 0 bridgehead atoms. The van der Waals surface area contributed by atoms with Gasteiger partial charge in [-0.05, 0) is 60.0 Å². The number of benzene rings is 3. The predicted molar refractivity (Wildman–Crippen MR) is 134 cm³/mol. The highest BCUT2D eigenvalue weighted by Crippen LogP contribution is 2.37. The second-order valence-electron chi connectivity index (χ2n) is 8.33. The lowest BCUT2D eigenvalue weighted by Gasteiger charge is -2.44. The van der Waals surface area contributed by atoms with Gasteiger partial charge < -0.3 is 24.7 Å². The zero-order chi connectivity index (χ0) is 24.4. The van der Waals surface area contributed by atoms with Crippen LogP contribution in [0.5, 0.6) is 11.5 Å². The number of carbonyl (C=O) groups excluding carboxylic acids is 1. The molecule has 4 rings (SSSR count). The van der Waals surface area contributed by atoms with Gasteiger partial charge in [-0.1, -0.05) is 47.5 Å². The Morgan fingerprint density at radius 2 is 1.79 bits per heavy atom. The van der Waals surface area contributed by atoms with E-state index in [-0.39, 0.29) is 17.5 Å². The molecule has 178 valence electrons. The Labute approximate surface area is 208 Å². The van der Waals surface area contributed by atoms with Crippen molar-refractivity contribution in [2.45, 2.75) is 19.1 Å². The quantitative estimate of drug-likeness (QED) is 0.507. The first kappa shape index (κ1) is 24.2. The molecule has 1 aliphatic rings. The van der Waals surface area contributed by atoms with Gasteiger partial charge in [-0.3, -0.25) is 4.79 Å². The van der Waals surface area contributed by atoms with Crippen molar-refractivity contribution in [3.05, 3.63) is 87.4 Å². The molecule has 1 heterocycles. The van der Waals surface area contributed by atoms with Crippen LogP contribution in [-0.4, -0.2) is 47.8 Å². The minimum atomic E-state index is -1.38. The van der Waals surface area contributed by atoms with Crippen LogP contribution in [0.15, 0.2) is 60.7 Å². The van der Waals surface area contributed by atoms with Crippen molar-refractivity contribution >= 4 is 34.8 Å². The molecule has 3 aromatic rings. The van der Waals surface area contributed by atoms with E-state index in [1.165, 1.54) is 25.3 Å². The summed E-state index contributed by atoms with van der Waals surface area (Å²) in [6, 6.07) is 17.7. The van der Waals surface area contributed by atoms with Crippen LogP contribution in [0.3, 0.4) is 0 Å². The van der Waals surface area contributed by atoms with Gasteiger partial charge >= 0.3 is 0 Å². The lowest BCUT2D eigenvalue weighted by Crippen LogP contribution is -2.51. The van der Waals surface area contributed by atoms with E-state index in [1.807, 2.05) is 49.4 Å². The molecule has 2 atom stereocenters. The van der Waals surface area contributed by atoms with E-state index in [4.69, 9.17) is 27.9 Å². The number of aliphatic hydroxyl groups is 1. The number of rotatable bonds is 5. The molecule has 2 N–H and O–H groups in total. The standard InChI is InChI=1S/C26H26Cl2N2O4/c1-16-3-9-21(20(28)13-16)30-12-11-29(15-22(30)17-4-7-19(27)8-5-17)26(33)25(32)18-6-10-23(31)24(14-18)34-2/h3-10,13-14,22,25,31-32H,11-12,15H2,1-2H3. The van der Waals surface area contributed by atoms with Crippen molar-refractivity contribution in [1.29, 1.82) is 0 Å². The molecule has 1 saturated heterocycles. The topological polar surface area (TPSA) is 73.2 Å². The summed E-state index contributed by atoms with van der Waals surface area (Å²) >= 11 is 12.7. The van der Waals surface area contributed by atoms with Gasteiger partial charge in [0.05, 0.1) is 23.9 Å². The Morgan fingerprint density at radius 3 is 2.47 bits per heavy atom. The number of phenols is 1. The largest absolute Gasteiger partial charge is 0.504 e. The highest BCUT2D eigenvalue weighted by atomic mass is 35.5. The number of nitrogens with zero attached hydrogens (tertiary/aromatic N) is 2. The third kappa shape index (κ3) is 4.94. The molecule has 2 unspecified atom stereocenters. The number of aromatic hydroxyl groups is 1. The highest BCUT2D eigenvalue weighted by Gasteiger charge is 2.34. The summed E-state index contributed by atoms with van der Waals surface area (Å²) in [5.74, 6) is -0.277. The average Bonchev–Trinajstić information content (AvgIpc) is 2.84.